The average molecular weight is 232 g/mol. The highest BCUT2D eigenvalue weighted by atomic mass is 16.4. The van der Waals surface area contributed by atoms with Crippen molar-refractivity contribution in [1.29, 1.82) is 0 Å². The molecule has 2 rings (SSSR count). The van der Waals surface area contributed by atoms with E-state index in [9.17, 15) is 4.79 Å². The van der Waals surface area contributed by atoms with Gasteiger partial charge < -0.3 is 10.8 Å². The predicted molar refractivity (Wildman–Crippen MR) is 57.5 cm³/mol. The summed E-state index contributed by atoms with van der Waals surface area (Å²) in [5.41, 5.74) is 6.82. The second-order valence-electron chi connectivity index (χ2n) is 3.35. The molecule has 0 radical (unpaired) electrons. The zero-order chi connectivity index (χ0) is 12.3. The van der Waals surface area contributed by atoms with Crippen LogP contribution in [0.4, 0.5) is 5.95 Å². The molecule has 0 aliphatic heterocycles. The van der Waals surface area contributed by atoms with Crippen LogP contribution in [0.25, 0.3) is 11.3 Å². The van der Waals surface area contributed by atoms with E-state index in [1.165, 1.54) is 6.20 Å². The second-order valence-corrected chi connectivity index (χ2v) is 3.35. The largest absolute Gasteiger partial charge is 0.477 e. The first-order valence-electron chi connectivity index (χ1n) is 4.81. The lowest BCUT2D eigenvalue weighted by Gasteiger charge is -1.99. The van der Waals surface area contributed by atoms with Gasteiger partial charge in [0.2, 0.25) is 12.5 Å². The molecule has 7 heteroatoms. The molecule has 0 spiro atoms. The monoisotopic (exact) mass is 232 g/mol. The fourth-order valence-corrected chi connectivity index (χ4v) is 1.35. The van der Waals surface area contributed by atoms with Gasteiger partial charge in [-0.25, -0.2) is 9.78 Å². The van der Waals surface area contributed by atoms with E-state index in [0.29, 0.717) is 5.69 Å². The lowest BCUT2D eigenvalue weighted by Crippen LogP contribution is -2.36. The fraction of sp³-hybridized carbons (Fsp3) is 0.100. The van der Waals surface area contributed by atoms with Crippen molar-refractivity contribution in [2.45, 2.75) is 6.54 Å². The number of nitrogens with zero attached hydrogens (tertiary/aromatic N) is 4. The van der Waals surface area contributed by atoms with E-state index in [0.717, 1.165) is 5.56 Å². The summed E-state index contributed by atoms with van der Waals surface area (Å²) in [5.74, 6) is -0.791. The highest BCUT2D eigenvalue weighted by Crippen LogP contribution is 2.13. The van der Waals surface area contributed by atoms with Crippen molar-refractivity contribution in [2.75, 3.05) is 5.73 Å². The number of carboxylic acids is 1. The summed E-state index contributed by atoms with van der Waals surface area (Å²) in [4.78, 5) is 14.5. The third kappa shape index (κ3) is 2.71. The van der Waals surface area contributed by atoms with Crippen LogP contribution >= 0.6 is 0 Å². The van der Waals surface area contributed by atoms with E-state index in [-0.39, 0.29) is 12.5 Å². The molecule has 2 aromatic heterocycles. The maximum atomic E-state index is 10.5. The average Bonchev–Trinajstić information content (AvgIpc) is 2.29. The quantitative estimate of drug-likeness (QED) is 0.690. The third-order valence-corrected chi connectivity index (χ3v) is 2.08. The summed E-state index contributed by atoms with van der Waals surface area (Å²) in [5, 5.41) is 15.9. The molecule has 0 saturated carbocycles. The van der Waals surface area contributed by atoms with E-state index in [4.69, 9.17) is 10.8 Å². The molecular formula is C10H10N5O2+. The molecule has 0 amide bonds. The minimum atomic E-state index is -0.893. The Labute approximate surface area is 96.6 Å². The van der Waals surface area contributed by atoms with E-state index in [2.05, 4.69) is 15.2 Å². The smallest absolute Gasteiger partial charge is 0.370 e. The van der Waals surface area contributed by atoms with Crippen molar-refractivity contribution >= 4 is 11.9 Å². The van der Waals surface area contributed by atoms with Crippen LogP contribution in [0, 0.1) is 0 Å². The van der Waals surface area contributed by atoms with Crippen molar-refractivity contribution in [1.82, 2.24) is 15.2 Å². The Kier molecular flexibility index (Phi) is 2.91. The normalized spacial score (nSPS) is 10.1. The minimum absolute atomic E-state index is 0.0789. The van der Waals surface area contributed by atoms with E-state index < -0.39 is 5.97 Å². The molecule has 0 fully saturated rings. The molecule has 0 bridgehead atoms. The van der Waals surface area contributed by atoms with Gasteiger partial charge in [-0.15, -0.1) is 5.10 Å². The van der Waals surface area contributed by atoms with Gasteiger partial charge in [-0.2, -0.15) is 9.67 Å². The molecular weight excluding hydrogens is 222 g/mol. The lowest BCUT2D eigenvalue weighted by molar-refractivity contribution is -0.685. The number of carboxylic acid groups (broad SMARTS) is 1. The first-order valence-corrected chi connectivity index (χ1v) is 4.81. The summed E-state index contributed by atoms with van der Waals surface area (Å²) in [6.07, 6.45) is 4.80. The molecule has 0 aliphatic rings. The minimum Gasteiger partial charge on any atom is -0.477 e. The summed E-state index contributed by atoms with van der Waals surface area (Å²) >= 11 is 0. The fourth-order valence-electron chi connectivity index (χ4n) is 1.35. The number of hydrogen-bond donors (Lipinski definition) is 2. The molecule has 2 heterocycles. The number of pyridine rings is 1. The Morgan fingerprint density at radius 1 is 1.41 bits per heavy atom. The maximum absolute atomic E-state index is 10.5. The van der Waals surface area contributed by atoms with Crippen LogP contribution < -0.4 is 10.3 Å². The van der Waals surface area contributed by atoms with Crippen molar-refractivity contribution in [3.8, 4) is 11.3 Å². The Morgan fingerprint density at radius 3 is 2.71 bits per heavy atom. The summed E-state index contributed by atoms with van der Waals surface area (Å²) in [7, 11) is 0. The van der Waals surface area contributed by atoms with Gasteiger partial charge in [-0.3, -0.25) is 0 Å². The number of aromatic nitrogens is 4. The maximum Gasteiger partial charge on any atom is 0.370 e. The lowest BCUT2D eigenvalue weighted by atomic mass is 10.2. The first kappa shape index (κ1) is 10.9. The van der Waals surface area contributed by atoms with Crippen LogP contribution in [0.1, 0.15) is 0 Å². The second kappa shape index (κ2) is 4.52. The first-order chi connectivity index (χ1) is 8.15. The molecule has 0 atom stereocenters. The van der Waals surface area contributed by atoms with Crippen molar-refractivity contribution in [2.24, 2.45) is 0 Å². The van der Waals surface area contributed by atoms with Gasteiger partial charge in [-0.1, -0.05) is 0 Å². The Hall–Kier alpha value is -2.57. The van der Waals surface area contributed by atoms with Gasteiger partial charge in [0.15, 0.2) is 12.4 Å². The van der Waals surface area contributed by atoms with Crippen LogP contribution in [-0.2, 0) is 11.3 Å². The summed E-state index contributed by atoms with van der Waals surface area (Å²) < 4.78 is 1.55. The molecule has 17 heavy (non-hydrogen) atoms. The van der Waals surface area contributed by atoms with Crippen molar-refractivity contribution in [3.63, 3.8) is 0 Å². The zero-order valence-electron chi connectivity index (χ0n) is 8.82. The van der Waals surface area contributed by atoms with Crippen molar-refractivity contribution in [3.05, 3.63) is 30.7 Å². The van der Waals surface area contributed by atoms with E-state index in [1.807, 2.05) is 0 Å². The van der Waals surface area contributed by atoms with Crippen molar-refractivity contribution < 1.29 is 14.5 Å². The van der Waals surface area contributed by atoms with Crippen LogP contribution in [-0.4, -0.2) is 26.3 Å². The number of carbonyl (C=O) groups is 1. The van der Waals surface area contributed by atoms with Gasteiger partial charge in [0.05, 0.1) is 11.9 Å². The molecule has 7 nitrogen and oxygen atoms in total. The highest BCUT2D eigenvalue weighted by molar-refractivity contribution is 5.64. The van der Waals surface area contributed by atoms with Gasteiger partial charge in [0.25, 0.3) is 0 Å². The number of hydrogen-bond acceptors (Lipinski definition) is 5. The van der Waals surface area contributed by atoms with Crippen LogP contribution in [0.15, 0.2) is 30.7 Å². The Balaban J connectivity index is 2.26. The van der Waals surface area contributed by atoms with Gasteiger partial charge in [-0.05, 0) is 0 Å². The van der Waals surface area contributed by atoms with Crippen LogP contribution in [0.3, 0.4) is 0 Å². The topological polar surface area (TPSA) is 106 Å². The van der Waals surface area contributed by atoms with Crippen LogP contribution in [0.2, 0.25) is 0 Å². The Bertz CT molecular complexity index is 541. The number of nitrogen functional groups attached to an aromatic ring is 1. The SMILES string of the molecule is Nc1nncc(-c2cc[n+](CC(=O)O)cc2)n1. The van der Waals surface area contributed by atoms with E-state index >= 15 is 0 Å². The molecule has 0 saturated heterocycles. The molecule has 2 aromatic rings. The predicted octanol–water partition coefficient (Wildman–Crippen LogP) is -0.507. The molecule has 0 unspecified atom stereocenters. The number of anilines is 1. The molecule has 0 aliphatic carbocycles. The number of nitrogens with two attached hydrogens (primary N) is 1. The summed E-state index contributed by atoms with van der Waals surface area (Å²) in [6.45, 7) is -0.0789. The Morgan fingerprint density at radius 2 is 2.12 bits per heavy atom. The van der Waals surface area contributed by atoms with E-state index in [1.54, 1.807) is 29.1 Å². The molecule has 86 valence electrons. The third-order valence-electron chi connectivity index (χ3n) is 2.08. The van der Waals surface area contributed by atoms with Crippen LogP contribution in [0.5, 0.6) is 0 Å². The number of rotatable bonds is 3. The standard InChI is InChI=1S/C10H9N5O2/c11-10-13-8(5-12-14-10)7-1-3-15(4-2-7)6-9(16)17/h1-5H,6H2,(H2-,11,13,14,16,17)/p+1. The zero-order valence-corrected chi connectivity index (χ0v) is 8.82. The molecule has 3 N–H and O–H groups in total. The summed E-state index contributed by atoms with van der Waals surface area (Å²) in [6, 6.07) is 3.48. The van der Waals surface area contributed by atoms with Gasteiger partial charge in [0, 0.05) is 17.7 Å². The van der Waals surface area contributed by atoms with Gasteiger partial charge >= 0.3 is 5.97 Å². The number of aliphatic carboxylic acids is 1. The molecule has 0 aromatic carbocycles. The highest BCUT2D eigenvalue weighted by Gasteiger charge is 2.08. The van der Waals surface area contributed by atoms with Gasteiger partial charge in [0.1, 0.15) is 0 Å².